The smallest absolute Gasteiger partial charge is 0.277 e. The van der Waals surface area contributed by atoms with Crippen LogP contribution in [0.2, 0.25) is 0 Å². The van der Waals surface area contributed by atoms with Crippen LogP contribution in [0.15, 0.2) is 64.2 Å². The molecule has 1 amide bonds. The van der Waals surface area contributed by atoms with Gasteiger partial charge >= 0.3 is 0 Å². The van der Waals surface area contributed by atoms with Crippen LogP contribution in [0.4, 0.5) is 10.1 Å². The minimum atomic E-state index is -3.73. The second-order valence-electron chi connectivity index (χ2n) is 9.57. The third-order valence-electron chi connectivity index (χ3n) is 6.02. The van der Waals surface area contributed by atoms with Crippen molar-refractivity contribution in [3.63, 3.8) is 0 Å². The highest BCUT2D eigenvalue weighted by molar-refractivity contribution is 7.90. The minimum Gasteiger partial charge on any atom is -0.364 e. The van der Waals surface area contributed by atoms with Crippen LogP contribution in [0.1, 0.15) is 54.1 Å². The summed E-state index contributed by atoms with van der Waals surface area (Å²) in [6, 6.07) is 11.4. The fourth-order valence-electron chi connectivity index (χ4n) is 4.50. The molecule has 2 aromatic carbocycles. The van der Waals surface area contributed by atoms with Crippen LogP contribution in [-0.2, 0) is 15.3 Å². The maximum Gasteiger partial charge on any atom is 0.277 e. The molecule has 1 atom stereocenters. The number of carbonyl (C=O) groups excluding carboxylic acids is 1. The number of sulfone groups is 1. The predicted octanol–water partition coefficient (Wildman–Crippen LogP) is 4.65. The summed E-state index contributed by atoms with van der Waals surface area (Å²) in [5.74, 6) is -0.985. The van der Waals surface area contributed by atoms with Crippen LogP contribution in [0.3, 0.4) is 0 Å². The average molecular weight is 495 g/mol. The van der Waals surface area contributed by atoms with Gasteiger partial charge in [0.05, 0.1) is 16.6 Å². The van der Waals surface area contributed by atoms with E-state index in [2.05, 4.69) is 15.4 Å². The van der Waals surface area contributed by atoms with Gasteiger partial charge in [0.15, 0.2) is 9.84 Å². The molecule has 0 aliphatic carbocycles. The first-order valence-electron chi connectivity index (χ1n) is 10.9. The van der Waals surface area contributed by atoms with Gasteiger partial charge in [0, 0.05) is 40.1 Å². The Bertz CT molecular complexity index is 1540. The zero-order valence-electron chi connectivity index (χ0n) is 19.5. The monoisotopic (exact) mass is 494 g/mol. The molecule has 0 spiro atoms. The van der Waals surface area contributed by atoms with E-state index in [1.807, 2.05) is 20.8 Å². The van der Waals surface area contributed by atoms with Crippen molar-refractivity contribution in [1.29, 1.82) is 0 Å². The lowest BCUT2D eigenvalue weighted by Crippen LogP contribution is -2.31. The zero-order valence-corrected chi connectivity index (χ0v) is 20.4. The fraction of sp³-hybridized carbons (Fsp3) is 0.240. The molecule has 180 valence electrons. The Labute approximate surface area is 201 Å². The van der Waals surface area contributed by atoms with E-state index in [9.17, 15) is 17.6 Å². The normalized spacial score (nSPS) is 16.1. The van der Waals surface area contributed by atoms with Crippen molar-refractivity contribution in [3.8, 4) is 11.3 Å². The number of H-pyrrole nitrogens is 1. The largest absolute Gasteiger partial charge is 0.364 e. The molecular formula is C25H23FN4O4S. The second-order valence-corrected chi connectivity index (χ2v) is 11.6. The van der Waals surface area contributed by atoms with E-state index in [1.165, 1.54) is 23.3 Å². The molecule has 0 saturated heterocycles. The van der Waals surface area contributed by atoms with Crippen LogP contribution in [0.25, 0.3) is 11.3 Å². The number of nitrogens with one attached hydrogen (secondary N) is 1. The lowest BCUT2D eigenvalue weighted by molar-refractivity contribution is 0.0988. The molecule has 8 nitrogen and oxygen atoms in total. The summed E-state index contributed by atoms with van der Waals surface area (Å²) in [5.41, 5.74) is 3.04. The number of aromatic amines is 1. The highest BCUT2D eigenvalue weighted by Gasteiger charge is 2.46. The van der Waals surface area contributed by atoms with Crippen molar-refractivity contribution < 1.29 is 22.1 Å². The van der Waals surface area contributed by atoms with Gasteiger partial charge < -0.3 is 4.52 Å². The van der Waals surface area contributed by atoms with Gasteiger partial charge in [-0.05, 0) is 30.3 Å². The molecule has 1 aliphatic heterocycles. The summed E-state index contributed by atoms with van der Waals surface area (Å²) in [5, 5.41) is 11.2. The van der Waals surface area contributed by atoms with Gasteiger partial charge in [-0.15, -0.1) is 0 Å². The average Bonchev–Trinajstić information content (AvgIpc) is 3.50. The van der Waals surface area contributed by atoms with Gasteiger partial charge in [-0.2, -0.15) is 5.10 Å². The first kappa shape index (κ1) is 23.0. The van der Waals surface area contributed by atoms with E-state index in [0.29, 0.717) is 22.6 Å². The number of nitrogens with zero attached hydrogens (tertiary/aromatic N) is 3. The van der Waals surface area contributed by atoms with Crippen molar-refractivity contribution in [2.45, 2.75) is 37.1 Å². The number of rotatable bonds is 4. The third kappa shape index (κ3) is 3.83. The third-order valence-corrected chi connectivity index (χ3v) is 7.19. The van der Waals surface area contributed by atoms with Crippen LogP contribution >= 0.6 is 0 Å². The molecular weight excluding hydrogens is 471 g/mol. The van der Waals surface area contributed by atoms with E-state index in [0.717, 1.165) is 17.9 Å². The van der Waals surface area contributed by atoms with E-state index in [1.54, 1.807) is 30.3 Å². The maximum absolute atomic E-state index is 14.5. The quantitative estimate of drug-likeness (QED) is 0.414. The minimum absolute atomic E-state index is 0.0465. The fourth-order valence-corrected chi connectivity index (χ4v) is 5.42. The van der Waals surface area contributed by atoms with Crippen molar-refractivity contribution in [2.24, 2.45) is 0 Å². The first-order valence-corrected chi connectivity index (χ1v) is 12.8. The molecule has 0 radical (unpaired) electrons. The van der Waals surface area contributed by atoms with Crippen LogP contribution in [-0.4, -0.2) is 35.9 Å². The van der Waals surface area contributed by atoms with Crippen molar-refractivity contribution in [2.75, 3.05) is 11.2 Å². The van der Waals surface area contributed by atoms with E-state index in [4.69, 9.17) is 4.52 Å². The standard InChI is InChI=1S/C25H23FN4O4S/c1-25(2,3)23-20-21(27-28-23)24(31)30(16-8-5-14(6-9-16)18-11-12-34-29-18)22(20)17-13-15(26)7-10-19(17)35(4,32)33/h5-13,22H,1-4H3,(H,27,28). The van der Waals surface area contributed by atoms with Crippen LogP contribution in [0.5, 0.6) is 0 Å². The van der Waals surface area contributed by atoms with Gasteiger partial charge in [0.25, 0.3) is 5.91 Å². The number of anilines is 1. The van der Waals surface area contributed by atoms with Gasteiger partial charge in [0.1, 0.15) is 23.5 Å². The Morgan fingerprint density at radius 1 is 1.09 bits per heavy atom. The second kappa shape index (κ2) is 7.88. The number of halogens is 1. The lowest BCUT2D eigenvalue weighted by atomic mass is 9.85. The molecule has 35 heavy (non-hydrogen) atoms. The first-order chi connectivity index (χ1) is 16.5. The SMILES string of the molecule is CC(C)(C)c1n[nH]c2c1C(c1cc(F)ccc1S(C)(=O)=O)N(c1ccc(-c3ccon3)cc1)C2=O. The summed E-state index contributed by atoms with van der Waals surface area (Å²) >= 11 is 0. The number of hydrogen-bond acceptors (Lipinski definition) is 6. The molecule has 0 bridgehead atoms. The Kier molecular flexibility index (Phi) is 5.17. The van der Waals surface area contributed by atoms with E-state index >= 15 is 0 Å². The molecule has 0 saturated carbocycles. The molecule has 2 aromatic heterocycles. The van der Waals surface area contributed by atoms with E-state index < -0.39 is 27.1 Å². The van der Waals surface area contributed by atoms with Gasteiger partial charge in [-0.1, -0.05) is 38.1 Å². The van der Waals surface area contributed by atoms with Gasteiger partial charge in [0.2, 0.25) is 0 Å². The number of fused-ring (bicyclic) bond motifs is 1. The summed E-state index contributed by atoms with van der Waals surface area (Å²) in [7, 11) is -3.73. The van der Waals surface area contributed by atoms with Gasteiger partial charge in [-0.3, -0.25) is 14.8 Å². The molecule has 10 heteroatoms. The lowest BCUT2D eigenvalue weighted by Gasteiger charge is -2.29. The van der Waals surface area contributed by atoms with Crippen LogP contribution < -0.4 is 4.90 Å². The highest BCUT2D eigenvalue weighted by atomic mass is 32.2. The Morgan fingerprint density at radius 3 is 2.40 bits per heavy atom. The number of amides is 1. The molecule has 4 aromatic rings. The zero-order chi connectivity index (χ0) is 25.1. The predicted molar refractivity (Wildman–Crippen MR) is 127 cm³/mol. The number of benzene rings is 2. The maximum atomic E-state index is 14.5. The van der Waals surface area contributed by atoms with Crippen molar-refractivity contribution in [1.82, 2.24) is 15.4 Å². The van der Waals surface area contributed by atoms with E-state index in [-0.39, 0.29) is 22.1 Å². The summed E-state index contributed by atoms with van der Waals surface area (Å²) in [4.78, 5) is 15.1. The molecule has 1 unspecified atom stereocenters. The topological polar surface area (TPSA) is 109 Å². The molecule has 3 heterocycles. The Hall–Kier alpha value is -3.79. The molecule has 5 rings (SSSR count). The summed E-state index contributed by atoms with van der Waals surface area (Å²) in [6.07, 6.45) is 2.53. The molecule has 1 N–H and O–H groups in total. The summed E-state index contributed by atoms with van der Waals surface area (Å²) in [6.45, 7) is 5.84. The van der Waals surface area contributed by atoms with Crippen LogP contribution in [0, 0.1) is 5.82 Å². The molecule has 1 aliphatic rings. The summed E-state index contributed by atoms with van der Waals surface area (Å²) < 4.78 is 44.8. The van der Waals surface area contributed by atoms with Gasteiger partial charge in [-0.25, -0.2) is 12.8 Å². The van der Waals surface area contributed by atoms with Crippen molar-refractivity contribution >= 4 is 21.4 Å². The van der Waals surface area contributed by atoms with Crippen molar-refractivity contribution in [3.05, 3.63) is 83.1 Å². The Morgan fingerprint density at radius 2 is 1.80 bits per heavy atom. The number of aromatic nitrogens is 3. The molecule has 0 fully saturated rings. The number of hydrogen-bond donors (Lipinski definition) is 1. The highest BCUT2D eigenvalue weighted by Crippen LogP contribution is 2.46. The Balaban J connectivity index is 1.74. The number of carbonyl (C=O) groups is 1.